The molecule has 0 aliphatic heterocycles. The summed E-state index contributed by atoms with van der Waals surface area (Å²) >= 11 is 1.12. The van der Waals surface area contributed by atoms with Crippen molar-refractivity contribution in [3.63, 3.8) is 0 Å². The van der Waals surface area contributed by atoms with Gasteiger partial charge in [0, 0.05) is 17.5 Å². The molecule has 0 aromatic carbocycles. The molecule has 0 unspecified atom stereocenters. The highest BCUT2D eigenvalue weighted by atomic mass is 32.2. The van der Waals surface area contributed by atoms with Crippen LogP contribution in [0.1, 0.15) is 30.7 Å². The van der Waals surface area contributed by atoms with E-state index in [1.165, 1.54) is 0 Å². The summed E-state index contributed by atoms with van der Waals surface area (Å²) in [4.78, 5) is 2.87. The van der Waals surface area contributed by atoms with E-state index in [0.717, 1.165) is 29.9 Å². The molecule has 0 spiro atoms. The van der Waals surface area contributed by atoms with Crippen molar-refractivity contribution in [1.82, 2.24) is 9.62 Å². The second-order valence-corrected chi connectivity index (χ2v) is 8.29. The van der Waals surface area contributed by atoms with E-state index in [9.17, 15) is 8.42 Å². The van der Waals surface area contributed by atoms with Crippen LogP contribution in [0.4, 0.5) is 0 Å². The predicted molar refractivity (Wildman–Crippen MR) is 82.6 cm³/mol. The van der Waals surface area contributed by atoms with E-state index >= 15 is 0 Å². The highest BCUT2D eigenvalue weighted by Crippen LogP contribution is 2.25. The van der Waals surface area contributed by atoms with Gasteiger partial charge in [-0.15, -0.1) is 11.3 Å². The first-order valence-corrected chi connectivity index (χ1v) is 8.98. The number of nitrogens with zero attached hydrogens (tertiary/aromatic N) is 1. The molecule has 0 aliphatic rings. The van der Waals surface area contributed by atoms with Crippen LogP contribution in [-0.4, -0.2) is 44.6 Å². The molecule has 0 bridgehead atoms. The molecule has 0 saturated heterocycles. The highest BCUT2D eigenvalue weighted by molar-refractivity contribution is 7.91. The molecule has 0 radical (unpaired) electrons. The van der Waals surface area contributed by atoms with Crippen LogP contribution in [0.25, 0.3) is 0 Å². The third-order valence-electron chi connectivity index (χ3n) is 3.27. The van der Waals surface area contributed by atoms with Crippen molar-refractivity contribution in [2.24, 2.45) is 0 Å². The molecule has 20 heavy (non-hydrogen) atoms. The van der Waals surface area contributed by atoms with E-state index in [1.807, 2.05) is 7.05 Å². The van der Waals surface area contributed by atoms with Gasteiger partial charge in [0.2, 0.25) is 10.0 Å². The standard InChI is InChI=1S/C13H24N2O3S2/c1-10(2)15(4)7-5-6-14-20(17,18)13-8-11(3)12(9-16)19-13/h8,10,14,16H,5-7,9H2,1-4H3. The van der Waals surface area contributed by atoms with Gasteiger partial charge in [-0.05, 0) is 52.4 Å². The van der Waals surface area contributed by atoms with E-state index in [-0.39, 0.29) is 10.8 Å². The van der Waals surface area contributed by atoms with Crippen molar-refractivity contribution >= 4 is 21.4 Å². The molecule has 0 fully saturated rings. The molecule has 0 amide bonds. The zero-order valence-electron chi connectivity index (χ0n) is 12.5. The van der Waals surface area contributed by atoms with Crippen LogP contribution in [-0.2, 0) is 16.6 Å². The van der Waals surface area contributed by atoms with Gasteiger partial charge in [0.05, 0.1) is 6.61 Å². The lowest BCUT2D eigenvalue weighted by Crippen LogP contribution is -2.31. The number of aliphatic hydroxyl groups is 1. The van der Waals surface area contributed by atoms with Gasteiger partial charge in [-0.1, -0.05) is 0 Å². The maximum Gasteiger partial charge on any atom is 0.250 e. The molecule has 5 nitrogen and oxygen atoms in total. The van der Waals surface area contributed by atoms with Crippen LogP contribution in [0.15, 0.2) is 10.3 Å². The van der Waals surface area contributed by atoms with Gasteiger partial charge in [-0.3, -0.25) is 0 Å². The number of hydrogen-bond donors (Lipinski definition) is 2. The van der Waals surface area contributed by atoms with Gasteiger partial charge in [-0.2, -0.15) is 0 Å². The van der Waals surface area contributed by atoms with Crippen molar-refractivity contribution in [2.75, 3.05) is 20.1 Å². The van der Waals surface area contributed by atoms with Crippen molar-refractivity contribution in [2.45, 2.75) is 44.0 Å². The third kappa shape index (κ3) is 4.82. The molecular weight excluding hydrogens is 296 g/mol. The van der Waals surface area contributed by atoms with Crippen LogP contribution in [0.5, 0.6) is 0 Å². The normalized spacial score (nSPS) is 12.6. The lowest BCUT2D eigenvalue weighted by molar-refractivity contribution is 0.271. The second kappa shape index (κ2) is 7.51. The van der Waals surface area contributed by atoms with Gasteiger partial charge in [0.25, 0.3) is 0 Å². The quantitative estimate of drug-likeness (QED) is 0.713. The summed E-state index contributed by atoms with van der Waals surface area (Å²) in [7, 11) is -1.43. The maximum atomic E-state index is 12.1. The smallest absolute Gasteiger partial charge is 0.250 e. The number of hydrogen-bond acceptors (Lipinski definition) is 5. The number of aryl methyl sites for hydroxylation is 1. The van der Waals surface area contributed by atoms with Crippen LogP contribution in [0.3, 0.4) is 0 Å². The number of nitrogens with one attached hydrogen (secondary N) is 1. The van der Waals surface area contributed by atoms with Crippen LogP contribution in [0, 0.1) is 6.92 Å². The monoisotopic (exact) mass is 320 g/mol. The fraction of sp³-hybridized carbons (Fsp3) is 0.692. The Labute approximate surface area is 125 Å². The zero-order valence-corrected chi connectivity index (χ0v) is 14.1. The molecule has 7 heteroatoms. The lowest BCUT2D eigenvalue weighted by atomic mass is 10.3. The van der Waals surface area contributed by atoms with E-state index in [4.69, 9.17) is 5.11 Å². The molecule has 0 atom stereocenters. The Balaban J connectivity index is 2.53. The van der Waals surface area contributed by atoms with Gasteiger partial charge in [-0.25, -0.2) is 13.1 Å². The summed E-state index contributed by atoms with van der Waals surface area (Å²) in [5.74, 6) is 0. The topological polar surface area (TPSA) is 69.6 Å². The molecular formula is C13H24N2O3S2. The van der Waals surface area contributed by atoms with Crippen molar-refractivity contribution in [3.05, 3.63) is 16.5 Å². The summed E-state index contributed by atoms with van der Waals surface area (Å²) in [6, 6.07) is 2.07. The number of rotatable bonds is 8. The van der Waals surface area contributed by atoms with Gasteiger partial charge < -0.3 is 10.0 Å². The summed E-state index contributed by atoms with van der Waals surface area (Å²) in [5, 5.41) is 9.11. The van der Waals surface area contributed by atoms with Crippen molar-refractivity contribution < 1.29 is 13.5 Å². The number of aliphatic hydroxyl groups excluding tert-OH is 1. The summed E-state index contributed by atoms with van der Waals surface area (Å²) in [5.41, 5.74) is 0.817. The third-order valence-corrected chi connectivity index (χ3v) is 6.42. The number of sulfonamides is 1. The molecule has 2 N–H and O–H groups in total. The predicted octanol–water partition coefficient (Wildman–Crippen LogP) is 1.56. The SMILES string of the molecule is Cc1cc(S(=O)(=O)NCCCN(C)C(C)C)sc1CO. The van der Waals surface area contributed by atoms with Gasteiger partial charge >= 0.3 is 0 Å². The minimum Gasteiger partial charge on any atom is -0.391 e. The molecule has 1 aromatic heterocycles. The largest absolute Gasteiger partial charge is 0.391 e. The zero-order chi connectivity index (χ0) is 15.3. The van der Waals surface area contributed by atoms with E-state index < -0.39 is 10.0 Å². The first-order valence-electron chi connectivity index (χ1n) is 6.68. The fourth-order valence-corrected chi connectivity index (χ4v) is 4.21. The summed E-state index contributed by atoms with van der Waals surface area (Å²) in [6.07, 6.45) is 0.769. The van der Waals surface area contributed by atoms with Crippen LogP contribution < -0.4 is 4.72 Å². The Hall–Kier alpha value is -0.470. The average Bonchev–Trinajstić information content (AvgIpc) is 2.76. The molecule has 1 heterocycles. The summed E-state index contributed by atoms with van der Waals surface area (Å²) < 4.78 is 27.1. The fourth-order valence-electron chi connectivity index (χ4n) is 1.64. The molecule has 116 valence electrons. The Kier molecular flexibility index (Phi) is 6.60. The lowest BCUT2D eigenvalue weighted by Gasteiger charge is -2.20. The van der Waals surface area contributed by atoms with Gasteiger partial charge in [0.1, 0.15) is 4.21 Å². The van der Waals surface area contributed by atoms with Gasteiger partial charge in [0.15, 0.2) is 0 Å². The maximum absolute atomic E-state index is 12.1. The van der Waals surface area contributed by atoms with E-state index in [2.05, 4.69) is 23.5 Å². The Morgan fingerprint density at radius 2 is 2.10 bits per heavy atom. The summed E-state index contributed by atoms with van der Waals surface area (Å²) in [6.45, 7) is 7.17. The molecule has 1 aromatic rings. The first kappa shape index (κ1) is 17.6. The Bertz CT molecular complexity index is 524. The molecule has 0 aliphatic carbocycles. The van der Waals surface area contributed by atoms with Crippen molar-refractivity contribution in [1.29, 1.82) is 0 Å². The first-order chi connectivity index (χ1) is 9.27. The minimum absolute atomic E-state index is 0.120. The van der Waals surface area contributed by atoms with E-state index in [1.54, 1.807) is 13.0 Å². The van der Waals surface area contributed by atoms with Crippen LogP contribution in [0.2, 0.25) is 0 Å². The second-order valence-electron chi connectivity index (χ2n) is 5.16. The van der Waals surface area contributed by atoms with Crippen molar-refractivity contribution in [3.8, 4) is 0 Å². The molecule has 1 rings (SSSR count). The Morgan fingerprint density at radius 3 is 2.60 bits per heavy atom. The Morgan fingerprint density at radius 1 is 1.45 bits per heavy atom. The van der Waals surface area contributed by atoms with Crippen LogP contribution >= 0.6 is 11.3 Å². The minimum atomic E-state index is -3.45. The molecule has 0 saturated carbocycles. The average molecular weight is 320 g/mol. The highest BCUT2D eigenvalue weighted by Gasteiger charge is 2.18. The van der Waals surface area contributed by atoms with E-state index in [0.29, 0.717) is 17.5 Å². The number of thiophene rings is 1.